The van der Waals surface area contributed by atoms with Gasteiger partial charge in [-0.15, -0.1) is 0 Å². The summed E-state index contributed by atoms with van der Waals surface area (Å²) in [5.74, 6) is -0.952. The van der Waals surface area contributed by atoms with Gasteiger partial charge in [0, 0.05) is 11.5 Å². The maximum Gasteiger partial charge on any atom is 0.331 e. The molecular weight excluding hydrogens is 428 g/mol. The lowest BCUT2D eigenvalue weighted by atomic mass is 9.40. The van der Waals surface area contributed by atoms with Crippen LogP contribution in [0.15, 0.2) is 48.6 Å². The van der Waals surface area contributed by atoms with Crippen molar-refractivity contribution in [1.82, 2.24) is 0 Å². The first-order valence-electron chi connectivity index (χ1n) is 12.7. The van der Waals surface area contributed by atoms with E-state index in [0.29, 0.717) is 12.8 Å². The summed E-state index contributed by atoms with van der Waals surface area (Å²) in [5, 5.41) is 21.9. The third kappa shape index (κ3) is 3.23. The fourth-order valence-electron chi connectivity index (χ4n) is 8.59. The molecule has 2 N–H and O–H groups in total. The minimum absolute atomic E-state index is 0.0964. The van der Waals surface area contributed by atoms with Crippen molar-refractivity contribution < 1.29 is 24.5 Å². The SMILES string of the molecule is C=C1[C@@H]2CC[C@H]3[C@]4(C)CCC[C@@](C)(C(=O)O)[C@H]4C[C@H](O)[C@]3(C2)[C@H]1OC(=O)C=Cc1ccccc1. The van der Waals surface area contributed by atoms with Crippen molar-refractivity contribution in [1.29, 1.82) is 0 Å². The second kappa shape index (κ2) is 8.08. The molecule has 1 aromatic carbocycles. The van der Waals surface area contributed by atoms with Gasteiger partial charge < -0.3 is 14.9 Å². The Morgan fingerprint density at radius 1 is 1.12 bits per heavy atom. The van der Waals surface area contributed by atoms with Crippen LogP contribution in [0.3, 0.4) is 0 Å². The number of benzene rings is 1. The minimum atomic E-state index is -0.841. The topological polar surface area (TPSA) is 83.8 Å². The molecule has 0 unspecified atom stereocenters. The molecule has 4 aliphatic carbocycles. The van der Waals surface area contributed by atoms with Crippen LogP contribution in [-0.4, -0.2) is 34.4 Å². The van der Waals surface area contributed by atoms with E-state index in [9.17, 15) is 19.8 Å². The first-order valence-corrected chi connectivity index (χ1v) is 12.7. The number of aliphatic hydroxyl groups is 1. The Bertz CT molecular complexity index is 1030. The monoisotopic (exact) mass is 464 g/mol. The molecule has 4 aliphatic rings. The molecule has 0 heterocycles. The smallest absolute Gasteiger partial charge is 0.331 e. The van der Waals surface area contributed by atoms with Gasteiger partial charge in [-0.05, 0) is 85.8 Å². The third-order valence-electron chi connectivity index (χ3n) is 10.2. The van der Waals surface area contributed by atoms with Gasteiger partial charge in [-0.3, -0.25) is 4.79 Å². The van der Waals surface area contributed by atoms with Crippen LogP contribution in [0.4, 0.5) is 0 Å². The highest BCUT2D eigenvalue weighted by molar-refractivity contribution is 5.87. The van der Waals surface area contributed by atoms with Crippen molar-refractivity contribution in [3.63, 3.8) is 0 Å². The van der Waals surface area contributed by atoms with Crippen molar-refractivity contribution in [2.45, 2.75) is 71.0 Å². The van der Waals surface area contributed by atoms with Gasteiger partial charge in [0.25, 0.3) is 0 Å². The Labute approximate surface area is 201 Å². The van der Waals surface area contributed by atoms with E-state index in [-0.39, 0.29) is 23.2 Å². The minimum Gasteiger partial charge on any atom is -0.481 e. The number of fused-ring (bicyclic) bond motifs is 3. The molecular formula is C29H36O5. The number of carboxylic acids is 1. The molecule has 0 aromatic heterocycles. The Morgan fingerprint density at radius 2 is 1.85 bits per heavy atom. The summed E-state index contributed by atoms with van der Waals surface area (Å²) in [4.78, 5) is 25.3. The number of rotatable bonds is 4. The van der Waals surface area contributed by atoms with Gasteiger partial charge in [-0.2, -0.15) is 0 Å². The summed E-state index contributed by atoms with van der Waals surface area (Å²) in [6.07, 6.45) is 7.48. The fourth-order valence-corrected chi connectivity index (χ4v) is 8.59. The number of aliphatic hydroxyl groups excluding tert-OH is 1. The van der Waals surface area contributed by atoms with Crippen molar-refractivity contribution in [3.8, 4) is 0 Å². The molecule has 4 saturated carbocycles. The average Bonchev–Trinajstić information content (AvgIpc) is 3.01. The molecule has 0 saturated heterocycles. The van der Waals surface area contributed by atoms with Crippen LogP contribution in [0.5, 0.6) is 0 Å². The maximum atomic E-state index is 12.9. The van der Waals surface area contributed by atoms with Crippen LogP contribution in [0.1, 0.15) is 64.4 Å². The van der Waals surface area contributed by atoms with E-state index < -0.39 is 35.0 Å². The Kier molecular flexibility index (Phi) is 5.55. The third-order valence-corrected chi connectivity index (χ3v) is 10.2. The number of ether oxygens (including phenoxy) is 1. The molecule has 0 radical (unpaired) electrons. The number of hydrogen-bond donors (Lipinski definition) is 2. The fraction of sp³-hybridized carbons (Fsp3) is 0.586. The zero-order valence-corrected chi connectivity index (χ0v) is 20.2. The van der Waals surface area contributed by atoms with Crippen molar-refractivity contribution in [2.24, 2.45) is 34.0 Å². The quantitative estimate of drug-likeness (QED) is 0.361. The second-order valence-corrected chi connectivity index (χ2v) is 11.7. The molecule has 1 spiro atoms. The highest BCUT2D eigenvalue weighted by Crippen LogP contribution is 2.72. The van der Waals surface area contributed by atoms with Gasteiger partial charge >= 0.3 is 11.9 Å². The molecule has 34 heavy (non-hydrogen) atoms. The van der Waals surface area contributed by atoms with E-state index in [1.165, 1.54) is 6.08 Å². The van der Waals surface area contributed by atoms with Gasteiger partial charge in [-0.1, -0.05) is 50.3 Å². The molecule has 5 nitrogen and oxygen atoms in total. The molecule has 1 aromatic rings. The molecule has 5 rings (SSSR count). The molecule has 4 fully saturated rings. The first-order chi connectivity index (χ1) is 16.1. The van der Waals surface area contributed by atoms with Crippen LogP contribution in [0.2, 0.25) is 0 Å². The van der Waals surface area contributed by atoms with E-state index in [4.69, 9.17) is 4.74 Å². The first kappa shape index (κ1) is 23.3. The van der Waals surface area contributed by atoms with Crippen LogP contribution >= 0.6 is 0 Å². The lowest BCUT2D eigenvalue weighted by molar-refractivity contribution is -0.229. The van der Waals surface area contributed by atoms with E-state index in [2.05, 4.69) is 13.5 Å². The van der Waals surface area contributed by atoms with Gasteiger partial charge in [-0.25, -0.2) is 4.79 Å². The van der Waals surface area contributed by atoms with Gasteiger partial charge in [0.2, 0.25) is 0 Å². The summed E-state index contributed by atoms with van der Waals surface area (Å²) in [6, 6.07) is 9.61. The number of hydrogen-bond acceptors (Lipinski definition) is 4. The predicted octanol–water partition coefficient (Wildman–Crippen LogP) is 5.25. The highest BCUT2D eigenvalue weighted by atomic mass is 16.5. The molecule has 0 aliphatic heterocycles. The van der Waals surface area contributed by atoms with Gasteiger partial charge in [0.15, 0.2) is 0 Å². The lowest BCUT2D eigenvalue weighted by Crippen LogP contribution is -2.65. The Hall–Kier alpha value is -2.40. The van der Waals surface area contributed by atoms with E-state index in [0.717, 1.165) is 43.2 Å². The van der Waals surface area contributed by atoms with E-state index >= 15 is 0 Å². The van der Waals surface area contributed by atoms with Gasteiger partial charge in [0.1, 0.15) is 6.10 Å². The second-order valence-electron chi connectivity index (χ2n) is 11.7. The van der Waals surface area contributed by atoms with Crippen LogP contribution in [0.25, 0.3) is 6.08 Å². The van der Waals surface area contributed by atoms with Crippen molar-refractivity contribution in [2.75, 3.05) is 0 Å². The van der Waals surface area contributed by atoms with Crippen LogP contribution < -0.4 is 0 Å². The largest absolute Gasteiger partial charge is 0.481 e. The lowest BCUT2D eigenvalue weighted by Gasteiger charge is -2.65. The maximum absolute atomic E-state index is 12.9. The number of aliphatic carboxylic acids is 1. The molecule has 5 heteroatoms. The van der Waals surface area contributed by atoms with Crippen molar-refractivity contribution in [3.05, 3.63) is 54.1 Å². The highest BCUT2D eigenvalue weighted by Gasteiger charge is 2.71. The molecule has 8 atom stereocenters. The zero-order chi connectivity index (χ0) is 24.3. The van der Waals surface area contributed by atoms with Gasteiger partial charge in [0.05, 0.1) is 11.5 Å². The normalized spacial score (nSPS) is 43.3. The standard InChI is InChI=1S/C29H36O5/c1-18-20-11-12-21-27(2)14-7-15-28(3,26(32)33)22(27)16-23(30)29(21,17-20)25(18)34-24(31)13-10-19-8-5-4-6-9-19/h4-6,8-10,13,20-23,25,30H,1,7,11-12,14-17H2,2-3H3,(H,32,33)/t20-,21+,22+,23+,25+,27+,28-,29-/m1/s1. The summed E-state index contributed by atoms with van der Waals surface area (Å²) in [7, 11) is 0. The number of carbonyl (C=O) groups is 2. The number of esters is 1. The zero-order valence-electron chi connectivity index (χ0n) is 20.2. The number of carboxylic acid groups (broad SMARTS) is 1. The molecule has 0 amide bonds. The summed E-state index contributed by atoms with van der Waals surface area (Å²) >= 11 is 0. The summed E-state index contributed by atoms with van der Waals surface area (Å²) < 4.78 is 6.11. The summed E-state index contributed by atoms with van der Waals surface area (Å²) in [5.41, 5.74) is 0.194. The van der Waals surface area contributed by atoms with Crippen LogP contribution in [0, 0.1) is 34.0 Å². The number of carbonyl (C=O) groups excluding carboxylic acids is 1. The molecule has 182 valence electrons. The average molecular weight is 465 g/mol. The van der Waals surface area contributed by atoms with Crippen LogP contribution in [-0.2, 0) is 14.3 Å². The predicted molar refractivity (Wildman–Crippen MR) is 130 cm³/mol. The van der Waals surface area contributed by atoms with E-state index in [1.54, 1.807) is 6.08 Å². The Morgan fingerprint density at radius 3 is 2.56 bits per heavy atom. The van der Waals surface area contributed by atoms with Crippen molar-refractivity contribution >= 4 is 18.0 Å². The van der Waals surface area contributed by atoms with E-state index in [1.807, 2.05) is 37.3 Å². The molecule has 2 bridgehead atoms. The summed E-state index contributed by atoms with van der Waals surface area (Å²) in [6.45, 7) is 8.46. The Balaban J connectivity index is 1.48.